The molecular weight excluding hydrogens is 300 g/mol. The summed E-state index contributed by atoms with van der Waals surface area (Å²) in [6, 6.07) is 4.90. The number of carbonyl (C=O) groups is 3. The van der Waals surface area contributed by atoms with Crippen molar-refractivity contribution >= 4 is 29.2 Å². The van der Waals surface area contributed by atoms with Gasteiger partial charge in [0, 0.05) is 5.69 Å². The molecule has 0 fully saturated rings. The average Bonchev–Trinajstić information content (AvgIpc) is 2.54. The zero-order chi connectivity index (χ0) is 16.4. The largest absolute Gasteiger partial charge is 0.482 e. The van der Waals surface area contributed by atoms with E-state index < -0.39 is 17.8 Å². The summed E-state index contributed by atoms with van der Waals surface area (Å²) in [5.41, 5.74) is 0.968. The topological polar surface area (TPSA) is 105 Å². The molecule has 3 rings (SSSR count). The zero-order valence-corrected chi connectivity index (χ0v) is 12.2. The Bertz CT molecular complexity index is 698. The molecule has 0 unspecified atom stereocenters. The van der Waals surface area contributed by atoms with Gasteiger partial charge in [-0.1, -0.05) is 12.2 Å². The fourth-order valence-corrected chi connectivity index (χ4v) is 2.77. The van der Waals surface area contributed by atoms with Gasteiger partial charge in [-0.3, -0.25) is 14.4 Å². The Hall–Kier alpha value is -2.83. The Labute approximate surface area is 132 Å². The van der Waals surface area contributed by atoms with Gasteiger partial charge in [-0.25, -0.2) is 0 Å². The highest BCUT2D eigenvalue weighted by atomic mass is 16.5. The third kappa shape index (κ3) is 3.18. The summed E-state index contributed by atoms with van der Waals surface area (Å²) >= 11 is 0. The van der Waals surface area contributed by atoms with E-state index in [1.54, 1.807) is 24.3 Å². The average molecular weight is 316 g/mol. The Morgan fingerprint density at radius 1 is 1.22 bits per heavy atom. The van der Waals surface area contributed by atoms with Crippen molar-refractivity contribution in [3.63, 3.8) is 0 Å². The molecule has 23 heavy (non-hydrogen) atoms. The number of aliphatic carboxylic acids is 1. The number of rotatable bonds is 3. The number of carboxylic acids is 1. The summed E-state index contributed by atoms with van der Waals surface area (Å²) in [4.78, 5) is 35.0. The highest BCUT2D eigenvalue weighted by molar-refractivity contribution is 5.99. The minimum Gasteiger partial charge on any atom is -0.482 e. The monoisotopic (exact) mass is 316 g/mol. The predicted molar refractivity (Wildman–Crippen MR) is 82.2 cm³/mol. The maximum absolute atomic E-state index is 12.4. The lowest BCUT2D eigenvalue weighted by molar-refractivity contribution is -0.146. The van der Waals surface area contributed by atoms with Crippen molar-refractivity contribution in [2.45, 2.75) is 12.8 Å². The number of carboxylic acid groups (broad SMARTS) is 1. The molecule has 2 amide bonds. The van der Waals surface area contributed by atoms with Crippen molar-refractivity contribution in [2.75, 3.05) is 17.2 Å². The number of carbonyl (C=O) groups excluding carboxylic acids is 2. The normalized spacial score (nSPS) is 22.5. The Kier molecular flexibility index (Phi) is 4.01. The summed E-state index contributed by atoms with van der Waals surface area (Å²) in [7, 11) is 0. The molecule has 1 aliphatic carbocycles. The van der Waals surface area contributed by atoms with Gasteiger partial charge in [0.2, 0.25) is 5.91 Å². The van der Waals surface area contributed by atoms with E-state index in [0.717, 1.165) is 0 Å². The number of nitrogens with one attached hydrogen (secondary N) is 2. The molecule has 0 radical (unpaired) electrons. The van der Waals surface area contributed by atoms with E-state index in [0.29, 0.717) is 30.0 Å². The molecule has 1 aromatic carbocycles. The molecule has 7 nitrogen and oxygen atoms in total. The van der Waals surface area contributed by atoms with Crippen LogP contribution in [0.3, 0.4) is 0 Å². The van der Waals surface area contributed by atoms with Crippen molar-refractivity contribution < 1.29 is 24.2 Å². The van der Waals surface area contributed by atoms with E-state index in [1.165, 1.54) is 0 Å². The van der Waals surface area contributed by atoms with Gasteiger partial charge in [0.15, 0.2) is 6.61 Å². The first-order valence-electron chi connectivity index (χ1n) is 7.30. The van der Waals surface area contributed by atoms with Crippen LogP contribution >= 0.6 is 0 Å². The van der Waals surface area contributed by atoms with Crippen LogP contribution in [0.5, 0.6) is 5.75 Å². The molecule has 7 heteroatoms. The van der Waals surface area contributed by atoms with Gasteiger partial charge in [-0.15, -0.1) is 0 Å². The van der Waals surface area contributed by atoms with Gasteiger partial charge in [0.05, 0.1) is 17.5 Å². The van der Waals surface area contributed by atoms with Gasteiger partial charge in [-0.05, 0) is 31.0 Å². The second-order valence-electron chi connectivity index (χ2n) is 5.53. The maximum atomic E-state index is 12.4. The Morgan fingerprint density at radius 3 is 2.70 bits per heavy atom. The third-order valence-electron chi connectivity index (χ3n) is 3.97. The van der Waals surface area contributed by atoms with Crippen molar-refractivity contribution in [3.05, 3.63) is 30.4 Å². The summed E-state index contributed by atoms with van der Waals surface area (Å²) in [5.74, 6) is -2.37. The molecule has 0 saturated heterocycles. The lowest BCUT2D eigenvalue weighted by atomic mass is 9.82. The molecule has 120 valence electrons. The highest BCUT2D eigenvalue weighted by Crippen LogP contribution is 2.32. The molecule has 0 bridgehead atoms. The lowest BCUT2D eigenvalue weighted by Crippen LogP contribution is -2.34. The molecule has 2 aliphatic rings. The molecule has 0 aromatic heterocycles. The zero-order valence-electron chi connectivity index (χ0n) is 12.2. The Balaban J connectivity index is 1.75. The summed E-state index contributed by atoms with van der Waals surface area (Å²) < 4.78 is 5.25. The first kappa shape index (κ1) is 15.1. The quantitative estimate of drug-likeness (QED) is 0.735. The standard InChI is InChI=1S/C16H16N2O5/c19-14-8-23-13-6-5-9(7-12(13)18-14)17-15(20)10-3-1-2-4-11(10)16(21)22/h1-2,5-7,10-11H,3-4,8H2,(H,17,20)(H,18,19)(H,21,22)/t10-,11+/m1/s1. The van der Waals surface area contributed by atoms with E-state index in [9.17, 15) is 19.5 Å². The highest BCUT2D eigenvalue weighted by Gasteiger charge is 2.34. The minimum absolute atomic E-state index is 0.0343. The number of fused-ring (bicyclic) bond motifs is 1. The fourth-order valence-electron chi connectivity index (χ4n) is 2.77. The number of allylic oxidation sites excluding steroid dienone is 2. The van der Waals surface area contributed by atoms with Crippen LogP contribution in [0.4, 0.5) is 11.4 Å². The maximum Gasteiger partial charge on any atom is 0.307 e. The van der Waals surface area contributed by atoms with E-state index >= 15 is 0 Å². The van der Waals surface area contributed by atoms with Gasteiger partial charge < -0.3 is 20.5 Å². The van der Waals surface area contributed by atoms with E-state index in [4.69, 9.17) is 4.74 Å². The first-order chi connectivity index (χ1) is 11.0. The van der Waals surface area contributed by atoms with Gasteiger partial charge in [0.25, 0.3) is 5.91 Å². The number of amides is 2. The molecule has 1 aliphatic heterocycles. The van der Waals surface area contributed by atoms with Crippen LogP contribution in [0.15, 0.2) is 30.4 Å². The summed E-state index contributed by atoms with van der Waals surface area (Å²) in [6.45, 7) is -0.0343. The second-order valence-corrected chi connectivity index (χ2v) is 5.53. The number of hydrogen-bond donors (Lipinski definition) is 3. The van der Waals surface area contributed by atoms with Crippen LogP contribution in [0.1, 0.15) is 12.8 Å². The SMILES string of the molecule is O=C1COc2ccc(NC(=O)[C@@H]3CC=CC[C@@H]3C(=O)O)cc2N1. The summed E-state index contributed by atoms with van der Waals surface area (Å²) in [5, 5.41) is 14.6. The first-order valence-corrected chi connectivity index (χ1v) is 7.30. The molecule has 2 atom stereocenters. The number of anilines is 2. The van der Waals surface area contributed by atoms with E-state index in [1.807, 2.05) is 6.08 Å². The van der Waals surface area contributed by atoms with Crippen LogP contribution in [-0.2, 0) is 14.4 Å². The Morgan fingerprint density at radius 2 is 1.96 bits per heavy atom. The minimum atomic E-state index is -0.972. The summed E-state index contributed by atoms with van der Waals surface area (Å²) in [6.07, 6.45) is 4.36. The lowest BCUT2D eigenvalue weighted by Gasteiger charge is -2.24. The number of ether oxygens (including phenoxy) is 1. The van der Waals surface area contributed by atoms with Crippen LogP contribution in [0, 0.1) is 11.8 Å². The number of benzene rings is 1. The predicted octanol–water partition coefficient (Wildman–Crippen LogP) is 1.62. The van der Waals surface area contributed by atoms with E-state index in [2.05, 4.69) is 10.6 Å². The molecule has 0 saturated carbocycles. The van der Waals surface area contributed by atoms with Crippen molar-refractivity contribution in [1.29, 1.82) is 0 Å². The van der Waals surface area contributed by atoms with Crippen LogP contribution in [0.2, 0.25) is 0 Å². The second kappa shape index (κ2) is 6.12. The van der Waals surface area contributed by atoms with Crippen molar-refractivity contribution in [2.24, 2.45) is 11.8 Å². The molecule has 1 heterocycles. The van der Waals surface area contributed by atoms with Crippen LogP contribution in [-0.4, -0.2) is 29.5 Å². The molecule has 1 aromatic rings. The van der Waals surface area contributed by atoms with Crippen LogP contribution < -0.4 is 15.4 Å². The van der Waals surface area contributed by atoms with Crippen molar-refractivity contribution in [1.82, 2.24) is 0 Å². The van der Waals surface area contributed by atoms with Gasteiger partial charge in [0.1, 0.15) is 5.75 Å². The molecule has 0 spiro atoms. The number of hydrogen-bond acceptors (Lipinski definition) is 4. The van der Waals surface area contributed by atoms with E-state index in [-0.39, 0.29) is 18.4 Å². The van der Waals surface area contributed by atoms with Crippen LogP contribution in [0.25, 0.3) is 0 Å². The molecular formula is C16H16N2O5. The molecule has 3 N–H and O–H groups in total. The fraction of sp³-hybridized carbons (Fsp3) is 0.312. The third-order valence-corrected chi connectivity index (χ3v) is 3.97. The van der Waals surface area contributed by atoms with Crippen molar-refractivity contribution in [3.8, 4) is 5.75 Å². The smallest absolute Gasteiger partial charge is 0.307 e. The van der Waals surface area contributed by atoms with Gasteiger partial charge >= 0.3 is 5.97 Å². The van der Waals surface area contributed by atoms with Gasteiger partial charge in [-0.2, -0.15) is 0 Å².